The first-order valence-electron chi connectivity index (χ1n) is 5.70. The van der Waals surface area contributed by atoms with Crippen molar-refractivity contribution in [3.8, 4) is 0 Å². The van der Waals surface area contributed by atoms with Gasteiger partial charge in [-0.25, -0.2) is 4.79 Å². The molecule has 0 spiro atoms. The highest BCUT2D eigenvalue weighted by molar-refractivity contribution is 5.75. The Balaban J connectivity index is 2.61. The van der Waals surface area contributed by atoms with E-state index in [0.29, 0.717) is 11.3 Å². The molecule has 0 aliphatic heterocycles. The van der Waals surface area contributed by atoms with Crippen LogP contribution in [0.5, 0.6) is 0 Å². The highest BCUT2D eigenvalue weighted by Gasteiger charge is 2.15. The monoisotopic (exact) mass is 250 g/mol. The van der Waals surface area contributed by atoms with Crippen LogP contribution in [0.2, 0.25) is 0 Å². The summed E-state index contributed by atoms with van der Waals surface area (Å²) in [5.41, 5.74) is 1.38. The molecule has 1 aromatic rings. The third kappa shape index (κ3) is 4.95. The number of carbonyl (C=O) groups excluding carboxylic acids is 2. The molecule has 18 heavy (non-hydrogen) atoms. The average molecular weight is 250 g/mol. The van der Waals surface area contributed by atoms with Crippen LogP contribution in [0.4, 0.5) is 4.79 Å². The normalized spacial score (nSPS) is 10.9. The molecule has 1 rings (SSSR count). The van der Waals surface area contributed by atoms with Crippen molar-refractivity contribution < 1.29 is 14.3 Å². The Kier molecular flexibility index (Phi) is 4.42. The fourth-order valence-corrected chi connectivity index (χ4v) is 1.40. The van der Waals surface area contributed by atoms with E-state index in [0.717, 1.165) is 12.0 Å². The summed E-state index contributed by atoms with van der Waals surface area (Å²) in [6.45, 7) is 7.41. The SMILES string of the molecule is Cc1cc(C=O)cc(CNC(=O)OC(C)(C)C)n1. The third-order valence-electron chi connectivity index (χ3n) is 1.98. The number of aryl methyl sites for hydroxylation is 1. The van der Waals surface area contributed by atoms with Crippen molar-refractivity contribution in [1.29, 1.82) is 0 Å². The summed E-state index contributed by atoms with van der Waals surface area (Å²) in [4.78, 5) is 26.4. The second kappa shape index (κ2) is 5.62. The summed E-state index contributed by atoms with van der Waals surface area (Å²) in [6, 6.07) is 3.32. The van der Waals surface area contributed by atoms with Crippen molar-refractivity contribution in [1.82, 2.24) is 10.3 Å². The van der Waals surface area contributed by atoms with E-state index in [1.165, 1.54) is 0 Å². The van der Waals surface area contributed by atoms with Gasteiger partial charge in [-0.3, -0.25) is 9.78 Å². The highest BCUT2D eigenvalue weighted by atomic mass is 16.6. The molecule has 0 radical (unpaired) electrons. The third-order valence-corrected chi connectivity index (χ3v) is 1.98. The molecule has 0 aliphatic rings. The lowest BCUT2D eigenvalue weighted by molar-refractivity contribution is 0.0523. The van der Waals surface area contributed by atoms with E-state index in [1.54, 1.807) is 39.8 Å². The van der Waals surface area contributed by atoms with Gasteiger partial charge >= 0.3 is 6.09 Å². The van der Waals surface area contributed by atoms with E-state index in [9.17, 15) is 9.59 Å². The van der Waals surface area contributed by atoms with Crippen molar-refractivity contribution in [3.63, 3.8) is 0 Å². The first-order valence-corrected chi connectivity index (χ1v) is 5.70. The van der Waals surface area contributed by atoms with Crippen molar-refractivity contribution in [3.05, 3.63) is 29.1 Å². The number of alkyl carbamates (subject to hydrolysis) is 1. The van der Waals surface area contributed by atoms with E-state index in [4.69, 9.17) is 4.74 Å². The molecule has 0 aliphatic carbocycles. The number of rotatable bonds is 3. The van der Waals surface area contributed by atoms with Crippen molar-refractivity contribution >= 4 is 12.4 Å². The predicted molar refractivity (Wildman–Crippen MR) is 67.4 cm³/mol. The fraction of sp³-hybridized carbons (Fsp3) is 0.462. The van der Waals surface area contributed by atoms with Crippen LogP contribution in [0.1, 0.15) is 42.5 Å². The molecule has 5 nitrogen and oxygen atoms in total. The van der Waals surface area contributed by atoms with Crippen LogP contribution in [0.15, 0.2) is 12.1 Å². The van der Waals surface area contributed by atoms with Gasteiger partial charge in [-0.1, -0.05) is 0 Å². The molecule has 1 aromatic heterocycles. The van der Waals surface area contributed by atoms with Gasteiger partial charge in [0.25, 0.3) is 0 Å². The topological polar surface area (TPSA) is 68.3 Å². The zero-order valence-electron chi connectivity index (χ0n) is 11.1. The van der Waals surface area contributed by atoms with Crippen LogP contribution < -0.4 is 5.32 Å². The molecule has 0 saturated heterocycles. The minimum Gasteiger partial charge on any atom is -0.444 e. The lowest BCUT2D eigenvalue weighted by Crippen LogP contribution is -2.32. The van der Waals surface area contributed by atoms with Crippen LogP contribution in [-0.2, 0) is 11.3 Å². The molecule has 0 unspecified atom stereocenters. The summed E-state index contributed by atoms with van der Waals surface area (Å²) in [6.07, 6.45) is 0.254. The van der Waals surface area contributed by atoms with Gasteiger partial charge in [-0.15, -0.1) is 0 Å². The second-order valence-electron chi connectivity index (χ2n) is 5.01. The molecule has 0 bridgehead atoms. The van der Waals surface area contributed by atoms with E-state index in [2.05, 4.69) is 10.3 Å². The summed E-state index contributed by atoms with van der Waals surface area (Å²) in [5.74, 6) is 0. The van der Waals surface area contributed by atoms with Crippen LogP contribution in [0.25, 0.3) is 0 Å². The molecule has 98 valence electrons. The Labute approximate surface area is 107 Å². The minimum atomic E-state index is -0.530. The predicted octanol–water partition coefficient (Wildman–Crippen LogP) is 2.23. The smallest absolute Gasteiger partial charge is 0.407 e. The maximum Gasteiger partial charge on any atom is 0.407 e. The van der Waals surface area contributed by atoms with Gasteiger partial charge in [-0.05, 0) is 39.8 Å². The molecule has 1 N–H and O–H groups in total. The summed E-state index contributed by atoms with van der Waals surface area (Å²) in [5, 5.41) is 2.59. The molecular formula is C13H18N2O3. The van der Waals surface area contributed by atoms with E-state index < -0.39 is 11.7 Å². The van der Waals surface area contributed by atoms with Gasteiger partial charge in [0.1, 0.15) is 11.9 Å². The number of nitrogens with zero attached hydrogens (tertiary/aromatic N) is 1. The lowest BCUT2D eigenvalue weighted by Gasteiger charge is -2.19. The Morgan fingerprint density at radius 1 is 1.44 bits per heavy atom. The minimum absolute atomic E-state index is 0.234. The summed E-state index contributed by atoms with van der Waals surface area (Å²) in [7, 11) is 0. The van der Waals surface area contributed by atoms with Crippen LogP contribution in [0.3, 0.4) is 0 Å². The summed E-state index contributed by atoms with van der Waals surface area (Å²) < 4.78 is 5.10. The molecule has 1 amide bonds. The maximum atomic E-state index is 11.4. The van der Waals surface area contributed by atoms with Gasteiger partial charge in [0.2, 0.25) is 0 Å². The first-order chi connectivity index (χ1) is 8.30. The maximum absolute atomic E-state index is 11.4. The number of hydrogen-bond donors (Lipinski definition) is 1. The quantitative estimate of drug-likeness (QED) is 0.835. The lowest BCUT2D eigenvalue weighted by atomic mass is 10.2. The zero-order chi connectivity index (χ0) is 13.8. The van der Waals surface area contributed by atoms with Gasteiger partial charge in [0.15, 0.2) is 0 Å². The molecule has 5 heteroatoms. The van der Waals surface area contributed by atoms with Crippen molar-refractivity contribution in [2.24, 2.45) is 0 Å². The fourth-order valence-electron chi connectivity index (χ4n) is 1.40. The number of hydrogen-bond acceptors (Lipinski definition) is 4. The number of carbonyl (C=O) groups is 2. The molecule has 1 heterocycles. The van der Waals surface area contributed by atoms with Crippen molar-refractivity contribution in [2.75, 3.05) is 0 Å². The Hall–Kier alpha value is -1.91. The van der Waals surface area contributed by atoms with Gasteiger partial charge in [0.05, 0.1) is 12.2 Å². The second-order valence-corrected chi connectivity index (χ2v) is 5.01. The summed E-state index contributed by atoms with van der Waals surface area (Å²) >= 11 is 0. The number of amides is 1. The first kappa shape index (κ1) is 14.2. The Morgan fingerprint density at radius 2 is 2.11 bits per heavy atom. The van der Waals surface area contributed by atoms with E-state index >= 15 is 0 Å². The number of aldehydes is 1. The number of aromatic nitrogens is 1. The molecule has 0 aromatic carbocycles. The van der Waals surface area contributed by atoms with Crippen molar-refractivity contribution in [2.45, 2.75) is 39.8 Å². The van der Waals surface area contributed by atoms with E-state index in [-0.39, 0.29) is 6.54 Å². The largest absolute Gasteiger partial charge is 0.444 e. The standard InChI is InChI=1S/C13H18N2O3/c1-9-5-10(8-16)6-11(15-9)7-14-12(17)18-13(2,3)4/h5-6,8H,7H2,1-4H3,(H,14,17). The average Bonchev–Trinajstić information content (AvgIpc) is 2.23. The highest BCUT2D eigenvalue weighted by Crippen LogP contribution is 2.07. The molecular weight excluding hydrogens is 232 g/mol. The van der Waals surface area contributed by atoms with Crippen LogP contribution in [-0.4, -0.2) is 23.0 Å². The van der Waals surface area contributed by atoms with Crippen LogP contribution in [0, 0.1) is 6.92 Å². The Morgan fingerprint density at radius 3 is 2.67 bits per heavy atom. The Bertz CT molecular complexity index is 450. The molecule has 0 atom stereocenters. The van der Waals surface area contributed by atoms with Gasteiger partial charge in [0, 0.05) is 11.3 Å². The number of nitrogens with one attached hydrogen (secondary N) is 1. The van der Waals surface area contributed by atoms with Gasteiger partial charge < -0.3 is 10.1 Å². The number of ether oxygens (including phenoxy) is 1. The molecule has 0 fully saturated rings. The van der Waals surface area contributed by atoms with E-state index in [1.807, 2.05) is 0 Å². The van der Waals surface area contributed by atoms with Gasteiger partial charge in [-0.2, -0.15) is 0 Å². The molecule has 0 saturated carbocycles. The van der Waals surface area contributed by atoms with Crippen LogP contribution >= 0.6 is 0 Å². The number of pyridine rings is 1. The zero-order valence-corrected chi connectivity index (χ0v) is 11.1.